The fourth-order valence-electron chi connectivity index (χ4n) is 4.33. The van der Waals surface area contributed by atoms with Crippen molar-refractivity contribution in [3.05, 3.63) is 53.6 Å². The fourth-order valence-corrected chi connectivity index (χ4v) is 4.33. The van der Waals surface area contributed by atoms with E-state index < -0.39 is 17.6 Å². The minimum absolute atomic E-state index is 0.0525. The zero-order valence-electron chi connectivity index (χ0n) is 18.4. The van der Waals surface area contributed by atoms with Crippen molar-refractivity contribution >= 4 is 23.2 Å². The molecule has 2 amide bonds. The Hall–Kier alpha value is -3.04. The van der Waals surface area contributed by atoms with Gasteiger partial charge in [-0.15, -0.1) is 0 Å². The van der Waals surface area contributed by atoms with Crippen LogP contribution in [0.5, 0.6) is 5.75 Å². The number of aliphatic hydroxyl groups excluding tert-OH is 1. The van der Waals surface area contributed by atoms with Gasteiger partial charge in [-0.3, -0.25) is 14.5 Å². The van der Waals surface area contributed by atoms with Gasteiger partial charge >= 0.3 is 6.61 Å². The molecule has 176 valence electrons. The van der Waals surface area contributed by atoms with E-state index in [1.54, 1.807) is 38.1 Å². The molecule has 0 spiro atoms. The lowest BCUT2D eigenvalue weighted by molar-refractivity contribution is -0.121. The van der Waals surface area contributed by atoms with Crippen LogP contribution in [-0.4, -0.2) is 48.9 Å². The van der Waals surface area contributed by atoms with Gasteiger partial charge in [0.1, 0.15) is 5.75 Å². The topological polar surface area (TPSA) is 88.1 Å². The Balaban J connectivity index is 1.66. The third-order valence-corrected chi connectivity index (χ3v) is 6.34. The van der Waals surface area contributed by atoms with Gasteiger partial charge in [0.15, 0.2) is 0 Å². The van der Waals surface area contributed by atoms with Gasteiger partial charge in [-0.05, 0) is 62.6 Å². The molecule has 2 aliphatic heterocycles. The number of benzene rings is 2. The molecule has 2 aromatic rings. The van der Waals surface area contributed by atoms with Crippen LogP contribution in [0, 0.1) is 0 Å². The van der Waals surface area contributed by atoms with Gasteiger partial charge < -0.3 is 19.9 Å². The van der Waals surface area contributed by atoms with E-state index in [0.29, 0.717) is 48.6 Å². The Kier molecular flexibility index (Phi) is 6.11. The summed E-state index contributed by atoms with van der Waals surface area (Å²) in [6, 6.07) is 10.9. The number of hydrogen-bond acceptors (Lipinski definition) is 5. The monoisotopic (exact) mass is 460 g/mol. The minimum atomic E-state index is -2.97. The van der Waals surface area contributed by atoms with Gasteiger partial charge in [0, 0.05) is 24.8 Å². The molecule has 1 saturated heterocycles. The van der Waals surface area contributed by atoms with Crippen LogP contribution >= 0.6 is 0 Å². The SMILES string of the molecule is CC1(C)C(=O)N(c2cccc(OC(F)F)c2)c2ccc(C(=O)NC3(CO)CCOCC3)cc21. The predicted octanol–water partition coefficient (Wildman–Crippen LogP) is 3.52. The number of halogens is 2. The average molecular weight is 460 g/mol. The summed E-state index contributed by atoms with van der Waals surface area (Å²) >= 11 is 0. The predicted molar refractivity (Wildman–Crippen MR) is 117 cm³/mol. The quantitative estimate of drug-likeness (QED) is 0.689. The number of anilines is 2. The Morgan fingerprint density at radius 3 is 2.61 bits per heavy atom. The van der Waals surface area contributed by atoms with Gasteiger partial charge in [-0.1, -0.05) is 6.07 Å². The summed E-state index contributed by atoms with van der Waals surface area (Å²) in [7, 11) is 0. The van der Waals surface area contributed by atoms with Gasteiger partial charge in [-0.2, -0.15) is 8.78 Å². The fraction of sp³-hybridized carbons (Fsp3) is 0.417. The van der Waals surface area contributed by atoms with Crippen LogP contribution in [0.4, 0.5) is 20.2 Å². The number of nitrogens with one attached hydrogen (secondary N) is 1. The molecule has 0 unspecified atom stereocenters. The molecule has 9 heteroatoms. The maximum absolute atomic E-state index is 13.3. The van der Waals surface area contributed by atoms with Gasteiger partial charge in [0.2, 0.25) is 5.91 Å². The van der Waals surface area contributed by atoms with Crippen LogP contribution in [0.25, 0.3) is 0 Å². The van der Waals surface area contributed by atoms with E-state index in [1.807, 2.05) is 0 Å². The molecule has 1 fully saturated rings. The van der Waals surface area contributed by atoms with E-state index in [2.05, 4.69) is 10.1 Å². The summed E-state index contributed by atoms with van der Waals surface area (Å²) < 4.78 is 35.1. The van der Waals surface area contributed by atoms with Crippen LogP contribution < -0.4 is 15.0 Å². The highest BCUT2D eigenvalue weighted by Crippen LogP contribution is 2.46. The second-order valence-electron chi connectivity index (χ2n) is 8.88. The molecule has 0 aliphatic carbocycles. The number of fused-ring (bicyclic) bond motifs is 1. The van der Waals surface area contributed by atoms with E-state index >= 15 is 0 Å². The second kappa shape index (κ2) is 8.72. The molecule has 0 atom stereocenters. The first-order chi connectivity index (χ1) is 15.7. The molecule has 7 nitrogen and oxygen atoms in total. The summed E-state index contributed by atoms with van der Waals surface area (Å²) in [5.74, 6) is -0.647. The normalized spacial score (nSPS) is 18.8. The van der Waals surface area contributed by atoms with Crippen LogP contribution in [0.15, 0.2) is 42.5 Å². The summed E-state index contributed by atoms with van der Waals surface area (Å²) in [6.45, 7) is 1.25. The third kappa shape index (κ3) is 4.30. The molecule has 2 heterocycles. The average Bonchev–Trinajstić information content (AvgIpc) is 2.99. The van der Waals surface area contributed by atoms with Crippen molar-refractivity contribution in [1.29, 1.82) is 0 Å². The van der Waals surface area contributed by atoms with Crippen molar-refractivity contribution in [2.75, 3.05) is 24.7 Å². The molecule has 4 rings (SSSR count). The lowest BCUT2D eigenvalue weighted by Crippen LogP contribution is -2.54. The molecular formula is C24H26F2N2O5. The molecule has 33 heavy (non-hydrogen) atoms. The molecule has 0 saturated carbocycles. The highest BCUT2D eigenvalue weighted by atomic mass is 19.3. The number of rotatable bonds is 6. The van der Waals surface area contributed by atoms with Crippen LogP contribution in [0.2, 0.25) is 0 Å². The van der Waals surface area contributed by atoms with E-state index in [9.17, 15) is 23.5 Å². The number of aliphatic hydroxyl groups is 1. The summed E-state index contributed by atoms with van der Waals surface area (Å²) in [6.07, 6.45) is 1.02. The third-order valence-electron chi connectivity index (χ3n) is 6.34. The maximum Gasteiger partial charge on any atom is 0.387 e. The molecule has 2 aliphatic rings. The standard InChI is InChI=1S/C24H26F2N2O5/c1-23(2)18-12-15(20(30)27-24(14-29)8-10-32-11-9-24)6-7-19(18)28(21(23)31)16-4-3-5-17(13-16)33-22(25)26/h3-7,12-13,22,29H,8-11,14H2,1-2H3,(H,27,30). The van der Waals surface area contributed by atoms with Crippen LogP contribution in [-0.2, 0) is 14.9 Å². The van der Waals surface area contributed by atoms with Crippen LogP contribution in [0.3, 0.4) is 0 Å². The van der Waals surface area contributed by atoms with Crippen molar-refractivity contribution < 1.29 is 33.0 Å². The number of alkyl halides is 2. The van der Waals surface area contributed by atoms with Gasteiger partial charge in [-0.25, -0.2) is 0 Å². The first-order valence-corrected chi connectivity index (χ1v) is 10.7. The number of carbonyl (C=O) groups excluding carboxylic acids is 2. The Bertz CT molecular complexity index is 1070. The first kappa shape index (κ1) is 23.1. The van der Waals surface area contributed by atoms with Gasteiger partial charge in [0.05, 0.1) is 28.9 Å². The Labute approximate surface area is 190 Å². The minimum Gasteiger partial charge on any atom is -0.435 e. The van der Waals surface area contributed by atoms with E-state index in [1.165, 1.54) is 23.1 Å². The number of nitrogens with zero attached hydrogens (tertiary/aromatic N) is 1. The van der Waals surface area contributed by atoms with Crippen molar-refractivity contribution in [2.45, 2.75) is 44.3 Å². The highest BCUT2D eigenvalue weighted by molar-refractivity contribution is 6.13. The van der Waals surface area contributed by atoms with Crippen molar-refractivity contribution in [1.82, 2.24) is 5.32 Å². The molecular weight excluding hydrogens is 434 g/mol. The molecule has 2 aromatic carbocycles. The Morgan fingerprint density at radius 1 is 1.21 bits per heavy atom. The lowest BCUT2D eigenvalue weighted by Gasteiger charge is -2.36. The van der Waals surface area contributed by atoms with Crippen molar-refractivity contribution in [3.63, 3.8) is 0 Å². The molecule has 0 radical (unpaired) electrons. The molecule has 2 N–H and O–H groups in total. The summed E-state index contributed by atoms with van der Waals surface area (Å²) in [5.41, 5.74) is 0.285. The number of hydrogen-bond donors (Lipinski definition) is 2. The van der Waals surface area contributed by atoms with E-state index in [-0.39, 0.29) is 24.2 Å². The summed E-state index contributed by atoms with van der Waals surface area (Å²) in [5, 5.41) is 12.8. The molecule has 0 aromatic heterocycles. The van der Waals surface area contributed by atoms with Crippen molar-refractivity contribution in [3.8, 4) is 5.75 Å². The molecule has 0 bridgehead atoms. The van der Waals surface area contributed by atoms with Crippen molar-refractivity contribution in [2.24, 2.45) is 0 Å². The number of ether oxygens (including phenoxy) is 2. The lowest BCUT2D eigenvalue weighted by atomic mass is 9.85. The largest absolute Gasteiger partial charge is 0.435 e. The second-order valence-corrected chi connectivity index (χ2v) is 8.88. The van der Waals surface area contributed by atoms with Crippen LogP contribution in [0.1, 0.15) is 42.6 Å². The maximum atomic E-state index is 13.3. The zero-order valence-corrected chi connectivity index (χ0v) is 18.4. The highest BCUT2D eigenvalue weighted by Gasteiger charge is 2.45. The smallest absolute Gasteiger partial charge is 0.387 e. The first-order valence-electron chi connectivity index (χ1n) is 10.7. The van der Waals surface area contributed by atoms with E-state index in [4.69, 9.17) is 4.74 Å². The number of amides is 2. The Morgan fingerprint density at radius 2 is 1.94 bits per heavy atom. The van der Waals surface area contributed by atoms with Gasteiger partial charge in [0.25, 0.3) is 5.91 Å². The summed E-state index contributed by atoms with van der Waals surface area (Å²) in [4.78, 5) is 27.8. The van der Waals surface area contributed by atoms with E-state index in [0.717, 1.165) is 0 Å². The zero-order chi connectivity index (χ0) is 23.8. The number of carbonyl (C=O) groups is 2.